The van der Waals surface area contributed by atoms with Crippen LogP contribution in [0, 0.1) is 3.57 Å². The first-order valence-electron chi connectivity index (χ1n) is 10.9. The van der Waals surface area contributed by atoms with Gasteiger partial charge in [-0.3, -0.25) is 10.1 Å². The molecular weight excluding hydrogens is 540 g/mol. The highest BCUT2D eigenvalue weighted by Gasteiger charge is 2.43. The molecule has 0 spiro atoms. The van der Waals surface area contributed by atoms with Gasteiger partial charge in [0.25, 0.3) is 0 Å². The Labute approximate surface area is 204 Å². The molecule has 0 saturated carbocycles. The van der Waals surface area contributed by atoms with Crippen LogP contribution in [0.2, 0.25) is 0 Å². The minimum Gasteiger partial charge on any atom is -0.304 e. The van der Waals surface area contributed by atoms with Gasteiger partial charge >= 0.3 is 6.18 Å². The predicted molar refractivity (Wildman–Crippen MR) is 130 cm³/mol. The normalized spacial score (nSPS) is 22.6. The molecule has 3 aromatic rings. The minimum absolute atomic E-state index is 0.0965. The smallest absolute Gasteiger partial charge is 0.304 e. The fraction of sp³-hybridized carbons (Fsp3) is 0.269. The van der Waals surface area contributed by atoms with Crippen molar-refractivity contribution in [3.05, 3.63) is 98.6 Å². The molecule has 0 radical (unpaired) electrons. The van der Waals surface area contributed by atoms with Gasteiger partial charge in [-0.2, -0.15) is 13.2 Å². The lowest BCUT2D eigenvalue weighted by atomic mass is 10.0. The third kappa shape index (κ3) is 4.40. The van der Waals surface area contributed by atoms with E-state index in [9.17, 15) is 18.0 Å². The van der Waals surface area contributed by atoms with Crippen LogP contribution in [-0.4, -0.2) is 11.9 Å². The number of halogens is 4. The molecule has 1 aliphatic carbocycles. The lowest BCUT2D eigenvalue weighted by molar-refractivity contribution is -0.137. The minimum atomic E-state index is -4.41. The zero-order valence-corrected chi connectivity index (χ0v) is 19.8. The first-order valence-corrected chi connectivity index (χ1v) is 12.0. The highest BCUT2D eigenvalue weighted by molar-refractivity contribution is 14.1. The fourth-order valence-corrected chi connectivity index (χ4v) is 5.55. The molecule has 5 rings (SSSR count). The summed E-state index contributed by atoms with van der Waals surface area (Å²) < 4.78 is 40.3. The quantitative estimate of drug-likeness (QED) is 0.372. The Morgan fingerprint density at radius 3 is 2.42 bits per heavy atom. The SMILES string of the molecule is O=C1[C@H](N[C@@H]2CCc3ccccc32)C[C@@H](c2cccc(I)c2)N1c1ccc(C(F)(F)F)cc1. The summed E-state index contributed by atoms with van der Waals surface area (Å²) in [6.45, 7) is 0. The van der Waals surface area contributed by atoms with Crippen LogP contribution in [0.3, 0.4) is 0 Å². The van der Waals surface area contributed by atoms with Gasteiger partial charge in [-0.05, 0) is 94.9 Å². The summed E-state index contributed by atoms with van der Waals surface area (Å²) in [6, 6.07) is 20.5. The number of carbonyl (C=O) groups is 1. The molecule has 1 fully saturated rings. The van der Waals surface area contributed by atoms with E-state index in [0.29, 0.717) is 12.1 Å². The van der Waals surface area contributed by atoms with Gasteiger partial charge in [0.1, 0.15) is 0 Å². The van der Waals surface area contributed by atoms with Crippen LogP contribution in [0.25, 0.3) is 0 Å². The molecule has 0 bridgehead atoms. The first-order chi connectivity index (χ1) is 15.8. The predicted octanol–water partition coefficient (Wildman–Crippen LogP) is 6.43. The number of hydrogen-bond donors (Lipinski definition) is 1. The molecule has 1 heterocycles. The Hall–Kier alpha value is -2.39. The van der Waals surface area contributed by atoms with Gasteiger partial charge in [-0.1, -0.05) is 36.4 Å². The van der Waals surface area contributed by atoms with Crippen molar-refractivity contribution in [1.82, 2.24) is 5.32 Å². The van der Waals surface area contributed by atoms with E-state index < -0.39 is 17.8 Å². The number of benzene rings is 3. The van der Waals surface area contributed by atoms with E-state index in [1.54, 1.807) is 4.90 Å². The number of carbonyl (C=O) groups excluding carboxylic acids is 1. The van der Waals surface area contributed by atoms with Crippen LogP contribution < -0.4 is 10.2 Å². The van der Waals surface area contributed by atoms with Crippen LogP contribution in [0.4, 0.5) is 18.9 Å². The monoisotopic (exact) mass is 562 g/mol. The van der Waals surface area contributed by atoms with Gasteiger partial charge in [0.05, 0.1) is 17.6 Å². The lowest BCUT2D eigenvalue weighted by Crippen LogP contribution is -2.40. The Balaban J connectivity index is 1.47. The number of nitrogens with one attached hydrogen (secondary N) is 1. The van der Waals surface area contributed by atoms with Crippen LogP contribution in [0.1, 0.15) is 47.2 Å². The lowest BCUT2D eigenvalue weighted by Gasteiger charge is -2.26. The van der Waals surface area contributed by atoms with E-state index in [1.165, 1.54) is 23.3 Å². The number of hydrogen-bond acceptors (Lipinski definition) is 2. The van der Waals surface area contributed by atoms with Crippen molar-refractivity contribution in [2.45, 2.75) is 43.6 Å². The standard InChI is InChI=1S/C26H22F3IN2O/c27-26(28,29)18-9-11-20(12-10-18)32-24(17-5-3-6-19(30)14-17)15-23(25(32)33)31-22-13-8-16-4-1-2-7-21(16)22/h1-7,9-12,14,22-24,31H,8,13,15H2/t22-,23-,24+/m1/s1. The van der Waals surface area contributed by atoms with Crippen molar-refractivity contribution in [2.75, 3.05) is 4.90 Å². The molecule has 0 aromatic heterocycles. The van der Waals surface area contributed by atoms with Crippen molar-refractivity contribution in [3.8, 4) is 0 Å². The van der Waals surface area contributed by atoms with E-state index in [4.69, 9.17) is 0 Å². The molecule has 7 heteroatoms. The highest BCUT2D eigenvalue weighted by atomic mass is 127. The average molecular weight is 562 g/mol. The third-order valence-corrected chi connectivity index (χ3v) is 7.22. The van der Waals surface area contributed by atoms with E-state index >= 15 is 0 Å². The second-order valence-corrected chi connectivity index (χ2v) is 9.81. The topological polar surface area (TPSA) is 32.3 Å². The second-order valence-electron chi connectivity index (χ2n) is 8.57. The molecular formula is C26H22F3IN2O. The molecule has 3 aromatic carbocycles. The Kier molecular flexibility index (Phi) is 5.95. The number of amides is 1. The van der Waals surface area contributed by atoms with Crippen molar-refractivity contribution in [1.29, 1.82) is 0 Å². The number of rotatable bonds is 4. The molecule has 3 nitrogen and oxygen atoms in total. The van der Waals surface area contributed by atoms with Gasteiger partial charge in [0.15, 0.2) is 0 Å². The van der Waals surface area contributed by atoms with Crippen molar-refractivity contribution >= 4 is 34.2 Å². The van der Waals surface area contributed by atoms with Crippen LogP contribution in [0.5, 0.6) is 0 Å². The summed E-state index contributed by atoms with van der Waals surface area (Å²) in [5, 5.41) is 3.56. The summed E-state index contributed by atoms with van der Waals surface area (Å²) in [7, 11) is 0. The first kappa shape index (κ1) is 22.4. The number of nitrogens with zero attached hydrogens (tertiary/aromatic N) is 1. The van der Waals surface area contributed by atoms with Gasteiger partial charge in [-0.25, -0.2) is 0 Å². The molecule has 3 atom stereocenters. The number of anilines is 1. The number of fused-ring (bicyclic) bond motifs is 1. The largest absolute Gasteiger partial charge is 0.416 e. The Morgan fingerprint density at radius 1 is 0.939 bits per heavy atom. The van der Waals surface area contributed by atoms with Crippen molar-refractivity contribution in [3.63, 3.8) is 0 Å². The van der Waals surface area contributed by atoms with Crippen molar-refractivity contribution in [2.24, 2.45) is 0 Å². The zero-order chi connectivity index (χ0) is 23.2. The fourth-order valence-electron chi connectivity index (χ4n) is 4.98. The molecule has 0 unspecified atom stereocenters. The van der Waals surface area contributed by atoms with Gasteiger partial charge in [0.2, 0.25) is 5.91 Å². The Bertz CT molecular complexity index is 1180. The second kappa shape index (κ2) is 8.76. The number of alkyl halides is 3. The van der Waals surface area contributed by atoms with Gasteiger partial charge in [-0.15, -0.1) is 0 Å². The molecule has 1 aliphatic heterocycles. The van der Waals surface area contributed by atoms with Gasteiger partial charge in [0, 0.05) is 15.3 Å². The number of aryl methyl sites for hydroxylation is 1. The molecule has 1 saturated heterocycles. The summed E-state index contributed by atoms with van der Waals surface area (Å²) >= 11 is 2.23. The maximum Gasteiger partial charge on any atom is 0.416 e. The Morgan fingerprint density at radius 2 is 1.70 bits per heavy atom. The summed E-state index contributed by atoms with van der Waals surface area (Å²) in [5.74, 6) is -0.108. The third-order valence-electron chi connectivity index (χ3n) is 6.55. The molecule has 33 heavy (non-hydrogen) atoms. The molecule has 2 aliphatic rings. The maximum atomic E-state index is 13.6. The zero-order valence-electron chi connectivity index (χ0n) is 17.6. The van der Waals surface area contributed by atoms with E-state index in [1.807, 2.05) is 36.4 Å². The molecule has 170 valence electrons. The highest BCUT2D eigenvalue weighted by Crippen LogP contribution is 2.41. The van der Waals surface area contributed by atoms with E-state index in [-0.39, 0.29) is 18.0 Å². The van der Waals surface area contributed by atoms with Crippen LogP contribution in [0.15, 0.2) is 72.8 Å². The van der Waals surface area contributed by atoms with Crippen molar-refractivity contribution < 1.29 is 18.0 Å². The molecule has 1 amide bonds. The van der Waals surface area contributed by atoms with E-state index in [0.717, 1.165) is 34.1 Å². The average Bonchev–Trinajstić information content (AvgIpc) is 3.35. The molecule has 1 N–H and O–H groups in total. The summed E-state index contributed by atoms with van der Waals surface area (Å²) in [5.41, 5.74) is 3.26. The summed E-state index contributed by atoms with van der Waals surface area (Å²) in [6.07, 6.45) is -1.96. The van der Waals surface area contributed by atoms with Crippen LogP contribution in [-0.2, 0) is 17.4 Å². The van der Waals surface area contributed by atoms with Crippen LogP contribution >= 0.6 is 22.6 Å². The maximum absolute atomic E-state index is 13.6. The van der Waals surface area contributed by atoms with E-state index in [2.05, 4.69) is 40.0 Å². The van der Waals surface area contributed by atoms with Gasteiger partial charge < -0.3 is 4.90 Å². The summed E-state index contributed by atoms with van der Waals surface area (Å²) in [4.78, 5) is 15.3.